The van der Waals surface area contributed by atoms with Crippen LogP contribution in [-0.2, 0) is 10.0 Å². The summed E-state index contributed by atoms with van der Waals surface area (Å²) < 4.78 is 27.1. The van der Waals surface area contributed by atoms with Crippen LogP contribution in [0.4, 0.5) is 0 Å². The van der Waals surface area contributed by atoms with Gasteiger partial charge in [-0.1, -0.05) is 17.7 Å². The molecule has 0 aromatic heterocycles. The lowest BCUT2D eigenvalue weighted by molar-refractivity contribution is 0.275. The van der Waals surface area contributed by atoms with Crippen molar-refractivity contribution in [1.29, 1.82) is 0 Å². The highest BCUT2D eigenvalue weighted by atomic mass is 35.5. The Bertz CT molecular complexity index is 570. The lowest BCUT2D eigenvalue weighted by Gasteiger charge is -2.23. The molecule has 6 heteroatoms. The third-order valence-electron chi connectivity index (χ3n) is 3.48. The van der Waals surface area contributed by atoms with Crippen molar-refractivity contribution in [3.05, 3.63) is 28.8 Å². The van der Waals surface area contributed by atoms with E-state index in [0.717, 1.165) is 12.8 Å². The maximum atomic E-state index is 12.8. The number of sulfonamides is 1. The summed E-state index contributed by atoms with van der Waals surface area (Å²) in [6.07, 6.45) is 3.12. The Kier molecular flexibility index (Phi) is 5.07. The van der Waals surface area contributed by atoms with E-state index in [1.807, 2.05) is 0 Å². The van der Waals surface area contributed by atoms with Crippen LogP contribution in [0.2, 0.25) is 5.02 Å². The zero-order valence-corrected chi connectivity index (χ0v) is 13.1. The highest BCUT2D eigenvalue weighted by Gasteiger charge is 2.38. The molecule has 0 unspecified atom stereocenters. The van der Waals surface area contributed by atoms with Gasteiger partial charge in [-0.2, -0.15) is 4.31 Å². The smallest absolute Gasteiger partial charge is 0.243 e. The molecule has 1 fully saturated rings. The first kappa shape index (κ1) is 15.8. The van der Waals surface area contributed by atoms with Crippen LogP contribution in [0.3, 0.4) is 0 Å². The van der Waals surface area contributed by atoms with Gasteiger partial charge in [0.05, 0.1) is 4.90 Å². The molecule has 0 radical (unpaired) electrons. The van der Waals surface area contributed by atoms with E-state index in [1.54, 1.807) is 23.4 Å². The van der Waals surface area contributed by atoms with Crippen molar-refractivity contribution in [3.8, 4) is 0 Å². The predicted octanol–water partition coefficient (Wildman–Crippen LogP) is 2.57. The van der Waals surface area contributed by atoms with E-state index in [9.17, 15) is 8.42 Å². The Hall–Kier alpha value is -0.620. The SMILES string of the molecule is Cc1ccc(Cl)cc1S(=O)(=O)N(CCCCO)C1CC1. The van der Waals surface area contributed by atoms with E-state index >= 15 is 0 Å². The van der Waals surface area contributed by atoms with E-state index in [2.05, 4.69) is 0 Å². The van der Waals surface area contributed by atoms with Crippen LogP contribution < -0.4 is 0 Å². The first-order valence-corrected chi connectivity index (χ1v) is 8.67. The predicted molar refractivity (Wildman–Crippen MR) is 79.4 cm³/mol. The molecule has 20 heavy (non-hydrogen) atoms. The molecule has 1 aromatic carbocycles. The van der Waals surface area contributed by atoms with Crippen molar-refractivity contribution < 1.29 is 13.5 Å². The number of halogens is 1. The fourth-order valence-corrected chi connectivity index (χ4v) is 4.43. The number of nitrogens with zero attached hydrogens (tertiary/aromatic N) is 1. The Morgan fingerprint density at radius 3 is 2.65 bits per heavy atom. The number of hydrogen-bond acceptors (Lipinski definition) is 3. The summed E-state index contributed by atoms with van der Waals surface area (Å²) in [6, 6.07) is 5.06. The Balaban J connectivity index is 2.27. The van der Waals surface area contributed by atoms with Crippen LogP contribution in [0, 0.1) is 6.92 Å². The van der Waals surface area contributed by atoms with Crippen molar-refractivity contribution in [3.63, 3.8) is 0 Å². The summed E-state index contributed by atoms with van der Waals surface area (Å²) in [5.41, 5.74) is 0.710. The highest BCUT2D eigenvalue weighted by molar-refractivity contribution is 7.89. The number of hydrogen-bond donors (Lipinski definition) is 1. The van der Waals surface area contributed by atoms with Crippen molar-refractivity contribution >= 4 is 21.6 Å². The minimum atomic E-state index is -3.50. The molecule has 1 aliphatic carbocycles. The summed E-state index contributed by atoms with van der Waals surface area (Å²) in [6.45, 7) is 2.33. The second-order valence-electron chi connectivity index (χ2n) is 5.19. The number of aliphatic hydroxyl groups is 1. The number of rotatable bonds is 7. The minimum absolute atomic E-state index is 0.0920. The normalized spacial score (nSPS) is 15.8. The van der Waals surface area contributed by atoms with Crippen molar-refractivity contribution in [1.82, 2.24) is 4.31 Å². The number of aryl methyl sites for hydroxylation is 1. The van der Waals surface area contributed by atoms with E-state index in [1.165, 1.54) is 6.07 Å². The molecule has 112 valence electrons. The third-order valence-corrected chi connectivity index (χ3v) is 5.81. The third kappa shape index (κ3) is 3.52. The average molecular weight is 318 g/mol. The molecule has 0 bridgehead atoms. The van der Waals surface area contributed by atoms with Gasteiger partial charge in [0.1, 0.15) is 0 Å². The topological polar surface area (TPSA) is 57.6 Å². The Labute approximate surface area is 125 Å². The first-order chi connectivity index (χ1) is 9.46. The molecule has 1 aliphatic rings. The molecular formula is C14H20ClNO3S. The second kappa shape index (κ2) is 6.43. The van der Waals surface area contributed by atoms with E-state index < -0.39 is 10.0 Å². The van der Waals surface area contributed by atoms with Gasteiger partial charge in [0.25, 0.3) is 0 Å². The van der Waals surface area contributed by atoms with Crippen LogP contribution in [0.5, 0.6) is 0 Å². The number of aliphatic hydroxyl groups excluding tert-OH is 1. The van der Waals surface area contributed by atoms with Crippen LogP contribution >= 0.6 is 11.6 Å². The van der Waals surface area contributed by atoms with Gasteiger partial charge in [-0.25, -0.2) is 8.42 Å². The zero-order chi connectivity index (χ0) is 14.8. The van der Waals surface area contributed by atoms with Crippen molar-refractivity contribution in [2.45, 2.75) is 43.5 Å². The molecule has 0 saturated heterocycles. The molecule has 2 rings (SSSR count). The molecular weight excluding hydrogens is 298 g/mol. The van der Waals surface area contributed by atoms with E-state index in [0.29, 0.717) is 34.9 Å². The summed E-state index contributed by atoms with van der Waals surface area (Å²) in [5, 5.41) is 9.28. The molecule has 0 atom stereocenters. The summed E-state index contributed by atoms with van der Waals surface area (Å²) in [5.74, 6) is 0. The average Bonchev–Trinajstić information content (AvgIpc) is 3.21. The quantitative estimate of drug-likeness (QED) is 0.786. The molecule has 4 nitrogen and oxygen atoms in total. The first-order valence-electron chi connectivity index (χ1n) is 6.85. The van der Waals surface area contributed by atoms with Crippen LogP contribution in [-0.4, -0.2) is 37.0 Å². The van der Waals surface area contributed by atoms with Gasteiger partial charge in [-0.05, 0) is 50.3 Å². The summed E-state index contributed by atoms with van der Waals surface area (Å²) in [7, 11) is -3.50. The molecule has 0 spiro atoms. The standard InChI is InChI=1S/C14H20ClNO3S/c1-11-4-5-12(15)10-14(11)20(18,19)16(13-6-7-13)8-2-3-9-17/h4-5,10,13,17H,2-3,6-9H2,1H3. The van der Waals surface area contributed by atoms with Crippen LogP contribution in [0.25, 0.3) is 0 Å². The van der Waals surface area contributed by atoms with Crippen molar-refractivity contribution in [2.24, 2.45) is 0 Å². The van der Waals surface area contributed by atoms with Gasteiger partial charge in [-0.15, -0.1) is 0 Å². The van der Waals surface area contributed by atoms with Gasteiger partial charge in [-0.3, -0.25) is 0 Å². The fraction of sp³-hybridized carbons (Fsp3) is 0.571. The summed E-state index contributed by atoms with van der Waals surface area (Å²) in [4.78, 5) is 0.292. The highest BCUT2D eigenvalue weighted by Crippen LogP contribution is 2.33. The molecule has 1 aromatic rings. The van der Waals surface area contributed by atoms with E-state index in [4.69, 9.17) is 16.7 Å². The summed E-state index contributed by atoms with van der Waals surface area (Å²) >= 11 is 5.93. The van der Waals surface area contributed by atoms with Crippen molar-refractivity contribution in [2.75, 3.05) is 13.2 Å². The zero-order valence-electron chi connectivity index (χ0n) is 11.5. The Morgan fingerprint density at radius 2 is 2.05 bits per heavy atom. The molecule has 1 saturated carbocycles. The molecule has 0 heterocycles. The van der Waals surface area contributed by atoms with E-state index in [-0.39, 0.29) is 12.6 Å². The maximum absolute atomic E-state index is 12.8. The van der Waals surface area contributed by atoms with Gasteiger partial charge < -0.3 is 5.11 Å². The van der Waals surface area contributed by atoms with Gasteiger partial charge in [0.15, 0.2) is 0 Å². The lowest BCUT2D eigenvalue weighted by Crippen LogP contribution is -2.34. The van der Waals surface area contributed by atoms with Gasteiger partial charge >= 0.3 is 0 Å². The largest absolute Gasteiger partial charge is 0.396 e. The lowest BCUT2D eigenvalue weighted by atomic mass is 10.2. The number of unbranched alkanes of at least 4 members (excludes halogenated alkanes) is 1. The molecule has 0 amide bonds. The monoisotopic (exact) mass is 317 g/mol. The Morgan fingerprint density at radius 1 is 1.35 bits per heavy atom. The molecule has 1 N–H and O–H groups in total. The fourth-order valence-electron chi connectivity index (χ4n) is 2.22. The molecule has 0 aliphatic heterocycles. The number of benzene rings is 1. The van der Waals surface area contributed by atoms with Gasteiger partial charge in [0, 0.05) is 24.2 Å². The maximum Gasteiger partial charge on any atom is 0.243 e. The second-order valence-corrected chi connectivity index (χ2v) is 7.48. The van der Waals surface area contributed by atoms with Crippen LogP contribution in [0.1, 0.15) is 31.2 Å². The van der Waals surface area contributed by atoms with Gasteiger partial charge in [0.2, 0.25) is 10.0 Å². The van der Waals surface area contributed by atoms with Crippen LogP contribution in [0.15, 0.2) is 23.1 Å². The minimum Gasteiger partial charge on any atom is -0.396 e.